The van der Waals surface area contributed by atoms with Crippen molar-refractivity contribution in [2.75, 3.05) is 6.54 Å². The van der Waals surface area contributed by atoms with Gasteiger partial charge in [0.2, 0.25) is 11.8 Å². The SMILES string of the molecule is O=C(CCN1C(=O)[C@H]2CC=CC[C@@H]2C1=O)OCc1nnc(-c2ccco2)o1. The number of allylic oxidation sites excluding steroid dienone is 2. The van der Waals surface area contributed by atoms with E-state index in [1.54, 1.807) is 12.1 Å². The molecule has 0 aromatic carbocycles. The highest BCUT2D eigenvalue weighted by molar-refractivity contribution is 6.05. The highest BCUT2D eigenvalue weighted by Crippen LogP contribution is 2.35. The van der Waals surface area contributed by atoms with E-state index in [0.717, 1.165) is 0 Å². The molecule has 1 aliphatic carbocycles. The van der Waals surface area contributed by atoms with Gasteiger partial charge in [0.25, 0.3) is 11.8 Å². The predicted molar refractivity (Wildman–Crippen MR) is 88.5 cm³/mol. The molecule has 0 bridgehead atoms. The predicted octanol–water partition coefficient (Wildman–Crippen LogP) is 1.71. The number of likely N-dealkylation sites (tertiary alicyclic amines) is 1. The second-order valence-corrected chi connectivity index (χ2v) is 6.37. The van der Waals surface area contributed by atoms with E-state index in [1.165, 1.54) is 11.2 Å². The second-order valence-electron chi connectivity index (χ2n) is 6.37. The summed E-state index contributed by atoms with van der Waals surface area (Å²) in [5.41, 5.74) is 0. The molecule has 0 spiro atoms. The highest BCUT2D eigenvalue weighted by atomic mass is 16.5. The molecule has 2 aromatic heterocycles. The largest absolute Gasteiger partial charge is 0.459 e. The fraction of sp³-hybridized carbons (Fsp3) is 0.389. The smallest absolute Gasteiger partial charge is 0.308 e. The molecule has 1 saturated heterocycles. The number of nitrogens with zero attached hydrogens (tertiary/aromatic N) is 3. The maximum absolute atomic E-state index is 12.3. The standard InChI is InChI=1S/C18H17N3O6/c22-15(26-10-14-19-20-16(27-14)13-6-3-9-25-13)7-8-21-17(23)11-4-1-2-5-12(11)18(21)24/h1-3,6,9,11-12H,4-5,7-8,10H2/t11-,12-/m0/s1. The molecule has 1 aliphatic heterocycles. The van der Waals surface area contributed by atoms with Gasteiger partial charge in [-0.3, -0.25) is 19.3 Å². The Labute approximate surface area is 154 Å². The van der Waals surface area contributed by atoms with Gasteiger partial charge in [-0.25, -0.2) is 0 Å². The van der Waals surface area contributed by atoms with Crippen LogP contribution in [0.3, 0.4) is 0 Å². The highest BCUT2D eigenvalue weighted by Gasteiger charge is 2.46. The first-order valence-electron chi connectivity index (χ1n) is 8.65. The Morgan fingerprint density at radius 3 is 2.59 bits per heavy atom. The van der Waals surface area contributed by atoms with Crippen LogP contribution in [0.4, 0.5) is 0 Å². The third kappa shape index (κ3) is 3.40. The van der Waals surface area contributed by atoms with E-state index in [0.29, 0.717) is 18.6 Å². The Morgan fingerprint density at radius 1 is 1.19 bits per heavy atom. The molecule has 2 aromatic rings. The number of fused-ring (bicyclic) bond motifs is 1. The fourth-order valence-corrected chi connectivity index (χ4v) is 3.32. The van der Waals surface area contributed by atoms with E-state index in [1.807, 2.05) is 12.2 Å². The van der Waals surface area contributed by atoms with Crippen LogP contribution in [0.1, 0.15) is 25.2 Å². The van der Waals surface area contributed by atoms with Gasteiger partial charge in [-0.2, -0.15) is 0 Å². The maximum atomic E-state index is 12.3. The lowest BCUT2D eigenvalue weighted by molar-refractivity contribution is -0.147. The molecule has 0 N–H and O–H groups in total. The summed E-state index contributed by atoms with van der Waals surface area (Å²) in [6.07, 6.45) is 6.39. The van der Waals surface area contributed by atoms with Crippen molar-refractivity contribution in [3.8, 4) is 11.7 Å². The Kier molecular flexibility index (Phi) is 4.57. The van der Waals surface area contributed by atoms with Gasteiger partial charge in [0.1, 0.15) is 0 Å². The Morgan fingerprint density at radius 2 is 1.93 bits per heavy atom. The van der Waals surface area contributed by atoms with Gasteiger partial charge >= 0.3 is 5.97 Å². The maximum Gasteiger partial charge on any atom is 0.308 e. The number of furan rings is 1. The number of esters is 1. The number of imide groups is 1. The Hall–Kier alpha value is -3.23. The summed E-state index contributed by atoms with van der Waals surface area (Å²) >= 11 is 0. The molecule has 9 nitrogen and oxygen atoms in total. The van der Waals surface area contributed by atoms with Crippen molar-refractivity contribution in [1.29, 1.82) is 0 Å². The van der Waals surface area contributed by atoms with Crippen LogP contribution < -0.4 is 0 Å². The quantitative estimate of drug-likeness (QED) is 0.428. The van der Waals surface area contributed by atoms with Crippen LogP contribution in [0.5, 0.6) is 0 Å². The molecule has 2 amide bonds. The van der Waals surface area contributed by atoms with Crippen molar-refractivity contribution in [2.45, 2.75) is 25.9 Å². The van der Waals surface area contributed by atoms with Crippen molar-refractivity contribution in [2.24, 2.45) is 11.8 Å². The zero-order valence-corrected chi connectivity index (χ0v) is 14.4. The lowest BCUT2D eigenvalue weighted by Gasteiger charge is -2.14. The van der Waals surface area contributed by atoms with Gasteiger partial charge in [0.15, 0.2) is 12.4 Å². The minimum Gasteiger partial charge on any atom is -0.459 e. The van der Waals surface area contributed by atoms with E-state index in [2.05, 4.69) is 10.2 Å². The lowest BCUT2D eigenvalue weighted by Crippen LogP contribution is -2.33. The summed E-state index contributed by atoms with van der Waals surface area (Å²) < 4.78 is 15.6. The third-order valence-corrected chi connectivity index (χ3v) is 4.69. The Bertz CT molecular complexity index is 859. The summed E-state index contributed by atoms with van der Waals surface area (Å²) in [6, 6.07) is 3.35. The summed E-state index contributed by atoms with van der Waals surface area (Å²) in [5, 5.41) is 7.58. The van der Waals surface area contributed by atoms with Gasteiger partial charge in [-0.15, -0.1) is 10.2 Å². The van der Waals surface area contributed by atoms with Gasteiger partial charge in [-0.05, 0) is 25.0 Å². The van der Waals surface area contributed by atoms with Crippen LogP contribution in [-0.2, 0) is 25.7 Å². The summed E-state index contributed by atoms with van der Waals surface area (Å²) in [7, 11) is 0. The number of carbonyl (C=O) groups excluding carboxylic acids is 3. The zero-order valence-electron chi connectivity index (χ0n) is 14.4. The number of rotatable bonds is 6. The summed E-state index contributed by atoms with van der Waals surface area (Å²) in [4.78, 5) is 37.8. The molecule has 2 atom stereocenters. The number of carbonyl (C=O) groups is 3. The molecular formula is C18H17N3O6. The lowest BCUT2D eigenvalue weighted by atomic mass is 9.85. The molecule has 3 heterocycles. The van der Waals surface area contributed by atoms with Crippen LogP contribution in [-0.4, -0.2) is 39.4 Å². The van der Waals surface area contributed by atoms with Gasteiger partial charge < -0.3 is 13.6 Å². The molecule has 4 rings (SSSR count). The molecule has 0 saturated carbocycles. The minimum absolute atomic E-state index is 0.0188. The van der Waals surface area contributed by atoms with Crippen LogP contribution in [0, 0.1) is 11.8 Å². The van der Waals surface area contributed by atoms with E-state index in [9.17, 15) is 14.4 Å². The number of hydrogen-bond acceptors (Lipinski definition) is 8. The fourth-order valence-electron chi connectivity index (χ4n) is 3.32. The van der Waals surface area contributed by atoms with E-state index in [4.69, 9.17) is 13.6 Å². The number of ether oxygens (including phenoxy) is 1. The average molecular weight is 371 g/mol. The first-order valence-corrected chi connectivity index (χ1v) is 8.65. The van der Waals surface area contributed by atoms with Crippen LogP contribution in [0.25, 0.3) is 11.7 Å². The van der Waals surface area contributed by atoms with E-state index in [-0.39, 0.29) is 55.0 Å². The number of aromatic nitrogens is 2. The summed E-state index contributed by atoms with van der Waals surface area (Å²) in [5.74, 6) is -0.822. The Balaban J connectivity index is 1.27. The molecule has 27 heavy (non-hydrogen) atoms. The normalized spacial score (nSPS) is 21.6. The van der Waals surface area contributed by atoms with Crippen molar-refractivity contribution in [1.82, 2.24) is 15.1 Å². The van der Waals surface area contributed by atoms with Crippen molar-refractivity contribution in [3.63, 3.8) is 0 Å². The van der Waals surface area contributed by atoms with Crippen LogP contribution in [0.2, 0.25) is 0 Å². The van der Waals surface area contributed by atoms with Crippen molar-refractivity contribution < 1.29 is 28.0 Å². The average Bonchev–Trinajstić information content (AvgIpc) is 3.41. The molecule has 0 unspecified atom stereocenters. The molecular weight excluding hydrogens is 354 g/mol. The number of hydrogen-bond donors (Lipinski definition) is 0. The molecule has 9 heteroatoms. The molecule has 140 valence electrons. The monoisotopic (exact) mass is 371 g/mol. The minimum atomic E-state index is -0.554. The molecule has 0 radical (unpaired) electrons. The first-order chi connectivity index (χ1) is 13.1. The molecule has 1 fully saturated rings. The first kappa shape index (κ1) is 17.2. The number of amides is 2. The third-order valence-electron chi connectivity index (χ3n) is 4.69. The summed E-state index contributed by atoms with van der Waals surface area (Å²) in [6.45, 7) is -0.172. The van der Waals surface area contributed by atoms with Gasteiger partial charge in [0, 0.05) is 6.54 Å². The van der Waals surface area contributed by atoms with Gasteiger partial charge in [-0.1, -0.05) is 12.2 Å². The van der Waals surface area contributed by atoms with Crippen LogP contribution >= 0.6 is 0 Å². The van der Waals surface area contributed by atoms with E-state index >= 15 is 0 Å². The zero-order chi connectivity index (χ0) is 18.8. The van der Waals surface area contributed by atoms with Gasteiger partial charge in [0.05, 0.1) is 24.5 Å². The van der Waals surface area contributed by atoms with Crippen LogP contribution in [0.15, 0.2) is 39.4 Å². The molecule has 2 aliphatic rings. The van der Waals surface area contributed by atoms with E-state index < -0.39 is 5.97 Å². The van der Waals surface area contributed by atoms with Crippen molar-refractivity contribution in [3.05, 3.63) is 36.4 Å². The second kappa shape index (κ2) is 7.18. The topological polar surface area (TPSA) is 116 Å². The van der Waals surface area contributed by atoms with Crippen molar-refractivity contribution >= 4 is 17.8 Å².